The number of carbonyl (C=O) groups is 1. The topological polar surface area (TPSA) is 78.2 Å². The number of hydrogen-bond donors (Lipinski definition) is 4. The van der Waals surface area contributed by atoms with Gasteiger partial charge < -0.3 is 25.7 Å². The molecule has 236 valence electrons. The maximum Gasteiger partial charge on any atom is 0.416 e. The van der Waals surface area contributed by atoms with Crippen LogP contribution in [0, 0.1) is 0 Å². The first-order valence-corrected chi connectivity index (χ1v) is 14.1. The normalized spacial score (nSPS) is 12.8. The van der Waals surface area contributed by atoms with Crippen molar-refractivity contribution in [2.45, 2.75) is 31.1 Å². The van der Waals surface area contributed by atoms with Crippen LogP contribution in [0.1, 0.15) is 34.6 Å². The van der Waals surface area contributed by atoms with Crippen molar-refractivity contribution in [2.24, 2.45) is 0 Å². The Balaban J connectivity index is 1.38. The molecule has 6 nitrogen and oxygen atoms in total. The molecule has 4 N–H and O–H groups in total. The van der Waals surface area contributed by atoms with Crippen LogP contribution < -0.4 is 20.7 Å². The number of hydrogen-bond acceptors (Lipinski definition) is 3. The molecule has 44 heavy (non-hydrogen) atoms. The number of urea groups is 1. The number of rotatable bonds is 11. The molecule has 1 atom stereocenters. The minimum absolute atomic E-state index is 0.00787. The summed E-state index contributed by atoms with van der Waals surface area (Å²) < 4.78 is 84.4. The van der Waals surface area contributed by atoms with Crippen molar-refractivity contribution in [1.82, 2.24) is 15.6 Å². The van der Waals surface area contributed by atoms with E-state index >= 15 is 0 Å². The van der Waals surface area contributed by atoms with Gasteiger partial charge in [0, 0.05) is 41.3 Å². The molecular weight excluding hydrogens is 633 g/mol. The Morgan fingerprint density at radius 2 is 1.61 bits per heavy atom. The summed E-state index contributed by atoms with van der Waals surface area (Å²) in [4.78, 5) is 15.8. The molecule has 0 aliphatic heterocycles. The zero-order chi connectivity index (χ0) is 32.1. The fraction of sp³-hybridized carbons (Fsp3) is 0.300. The Hall–Kier alpha value is -3.61. The molecule has 0 fully saturated rings. The number of ether oxygens (including phenoxy) is 1. The zero-order valence-electron chi connectivity index (χ0n) is 23.2. The highest BCUT2D eigenvalue weighted by molar-refractivity contribution is 6.42. The second kappa shape index (κ2) is 14.0. The second-order valence-electron chi connectivity index (χ2n) is 10.0. The van der Waals surface area contributed by atoms with Crippen molar-refractivity contribution in [3.05, 3.63) is 93.1 Å². The number of anilines is 1. The number of methoxy groups -OCH3 is 1. The highest BCUT2D eigenvalue weighted by Gasteiger charge is 2.37. The van der Waals surface area contributed by atoms with Crippen LogP contribution in [-0.2, 0) is 18.8 Å². The van der Waals surface area contributed by atoms with Gasteiger partial charge in [0.15, 0.2) is 0 Å². The van der Waals surface area contributed by atoms with Gasteiger partial charge in [0.1, 0.15) is 5.75 Å². The summed E-state index contributed by atoms with van der Waals surface area (Å²) in [6, 6.07) is 10.7. The molecule has 1 unspecified atom stereocenters. The number of aromatic nitrogens is 1. The molecule has 0 saturated heterocycles. The Bertz CT molecular complexity index is 1570. The molecule has 4 aromatic rings. The number of H-pyrrole nitrogens is 1. The highest BCUT2D eigenvalue weighted by atomic mass is 35.5. The number of nitrogens with one attached hydrogen (secondary N) is 4. The van der Waals surface area contributed by atoms with Gasteiger partial charge in [-0.15, -0.1) is 0 Å². The fourth-order valence-electron chi connectivity index (χ4n) is 4.69. The first kappa shape index (κ1) is 33.3. The van der Waals surface area contributed by atoms with Crippen LogP contribution in [0.4, 0.5) is 36.8 Å². The van der Waals surface area contributed by atoms with Crippen LogP contribution in [0.25, 0.3) is 10.9 Å². The largest absolute Gasteiger partial charge is 0.497 e. The van der Waals surface area contributed by atoms with E-state index in [0.717, 1.165) is 34.2 Å². The summed E-state index contributed by atoms with van der Waals surface area (Å²) >= 11 is 12.2. The average Bonchev–Trinajstić information content (AvgIpc) is 3.37. The van der Waals surface area contributed by atoms with E-state index in [1.165, 1.54) is 0 Å². The molecule has 0 aliphatic rings. The van der Waals surface area contributed by atoms with Crippen LogP contribution in [0.15, 0.2) is 60.8 Å². The van der Waals surface area contributed by atoms with Crippen molar-refractivity contribution in [2.75, 3.05) is 32.1 Å². The van der Waals surface area contributed by atoms with Crippen LogP contribution in [-0.4, -0.2) is 37.8 Å². The van der Waals surface area contributed by atoms with Crippen LogP contribution in [0.2, 0.25) is 10.0 Å². The fourth-order valence-corrected chi connectivity index (χ4v) is 5.00. The van der Waals surface area contributed by atoms with E-state index in [4.69, 9.17) is 27.9 Å². The van der Waals surface area contributed by atoms with Gasteiger partial charge in [0.25, 0.3) is 0 Å². The zero-order valence-corrected chi connectivity index (χ0v) is 24.7. The predicted molar refractivity (Wildman–Crippen MR) is 159 cm³/mol. The summed E-state index contributed by atoms with van der Waals surface area (Å²) in [5, 5.41) is 9.71. The summed E-state index contributed by atoms with van der Waals surface area (Å²) in [6.07, 6.45) is -6.88. The quantitative estimate of drug-likeness (QED) is 0.0961. The van der Waals surface area contributed by atoms with Gasteiger partial charge in [-0.2, -0.15) is 26.3 Å². The molecule has 0 radical (unpaired) electrons. The average molecular weight is 661 g/mol. The number of benzene rings is 3. The Labute approximate surface area is 259 Å². The van der Waals surface area contributed by atoms with E-state index in [1.54, 1.807) is 25.3 Å². The van der Waals surface area contributed by atoms with Gasteiger partial charge >= 0.3 is 18.4 Å². The summed E-state index contributed by atoms with van der Waals surface area (Å²) in [5.41, 5.74) is -0.885. The lowest BCUT2D eigenvalue weighted by atomic mass is 9.95. The van der Waals surface area contributed by atoms with Crippen molar-refractivity contribution in [3.8, 4) is 5.75 Å². The van der Waals surface area contributed by atoms with E-state index in [0.29, 0.717) is 41.7 Å². The second-order valence-corrected chi connectivity index (χ2v) is 10.8. The van der Waals surface area contributed by atoms with Crippen molar-refractivity contribution < 1.29 is 35.9 Å². The van der Waals surface area contributed by atoms with Gasteiger partial charge in [-0.3, -0.25) is 0 Å². The van der Waals surface area contributed by atoms with Gasteiger partial charge in [-0.05, 0) is 79.5 Å². The van der Waals surface area contributed by atoms with Crippen LogP contribution in [0.5, 0.6) is 5.75 Å². The number of halogens is 8. The molecule has 0 saturated carbocycles. The van der Waals surface area contributed by atoms with Crippen molar-refractivity contribution >= 4 is 45.8 Å². The Morgan fingerprint density at radius 1 is 0.909 bits per heavy atom. The molecule has 1 aromatic heterocycles. The maximum atomic E-state index is 13.2. The molecule has 4 rings (SSSR count). The third kappa shape index (κ3) is 8.73. The lowest BCUT2D eigenvalue weighted by Gasteiger charge is -2.20. The Kier molecular flexibility index (Phi) is 10.6. The van der Waals surface area contributed by atoms with Gasteiger partial charge in [-0.25, -0.2) is 4.79 Å². The molecule has 2 amide bonds. The molecule has 1 heterocycles. The van der Waals surface area contributed by atoms with Crippen molar-refractivity contribution in [3.63, 3.8) is 0 Å². The number of alkyl halides is 6. The van der Waals surface area contributed by atoms with Gasteiger partial charge in [0.2, 0.25) is 0 Å². The third-order valence-electron chi connectivity index (χ3n) is 6.98. The molecule has 0 bridgehead atoms. The van der Waals surface area contributed by atoms with Crippen LogP contribution >= 0.6 is 23.2 Å². The van der Waals surface area contributed by atoms with Crippen molar-refractivity contribution in [1.29, 1.82) is 0 Å². The van der Waals surface area contributed by atoms with Crippen LogP contribution in [0.3, 0.4) is 0 Å². The number of fused-ring (bicyclic) bond motifs is 1. The van der Waals surface area contributed by atoms with E-state index in [9.17, 15) is 31.1 Å². The molecule has 0 aliphatic carbocycles. The smallest absolute Gasteiger partial charge is 0.416 e. The predicted octanol–water partition coefficient (Wildman–Crippen LogP) is 8.65. The SMILES string of the molecule is COc1ccc2c(CCNCCC(CNC(=O)Nc3cc(C(F)(F)F)cc(C(F)(F)F)c3)c3ccc(Cl)c(Cl)c3)c[nH]c2c1. The molecule has 0 spiro atoms. The van der Waals surface area contributed by atoms with E-state index < -0.39 is 35.2 Å². The monoisotopic (exact) mass is 660 g/mol. The first-order valence-electron chi connectivity index (χ1n) is 13.4. The number of amides is 2. The molecule has 14 heteroatoms. The number of carbonyl (C=O) groups excluding carboxylic acids is 1. The number of aromatic amines is 1. The molecular formula is C30H28Cl2F6N4O2. The van der Waals surface area contributed by atoms with Gasteiger partial charge in [0.05, 0.1) is 28.3 Å². The minimum Gasteiger partial charge on any atom is -0.497 e. The molecule has 3 aromatic carbocycles. The standard InChI is InChI=1S/C30H28Cl2F6N4O2/c1-44-23-3-4-24-19(16-40-27(24)14-23)7-9-39-8-6-18(17-2-5-25(31)26(32)10-17)15-41-28(43)42-22-12-20(29(33,34)35)11-21(13-22)30(36,37)38/h2-5,10-14,16,18,39-40H,6-9,15H2,1H3,(H2,41,42,43). The first-order chi connectivity index (χ1) is 20.7. The Morgan fingerprint density at radius 3 is 2.25 bits per heavy atom. The van der Waals surface area contributed by atoms with E-state index in [-0.39, 0.29) is 18.5 Å². The summed E-state index contributed by atoms with van der Waals surface area (Å²) in [5.74, 6) is 0.441. The third-order valence-corrected chi connectivity index (χ3v) is 7.72. The van der Waals surface area contributed by atoms with Gasteiger partial charge in [-0.1, -0.05) is 29.3 Å². The minimum atomic E-state index is -5.04. The highest BCUT2D eigenvalue weighted by Crippen LogP contribution is 2.37. The van der Waals surface area contributed by atoms with E-state index in [2.05, 4.69) is 20.9 Å². The maximum absolute atomic E-state index is 13.2. The summed E-state index contributed by atoms with van der Waals surface area (Å²) in [7, 11) is 1.60. The lowest BCUT2D eigenvalue weighted by molar-refractivity contribution is -0.143. The van der Waals surface area contributed by atoms with E-state index in [1.807, 2.05) is 24.4 Å². The summed E-state index contributed by atoms with van der Waals surface area (Å²) in [6.45, 7) is 1.20. The lowest BCUT2D eigenvalue weighted by Crippen LogP contribution is -2.33.